The van der Waals surface area contributed by atoms with Crippen LogP contribution in [0.2, 0.25) is 0 Å². The molecule has 0 aliphatic carbocycles. The first-order valence-electron chi connectivity index (χ1n) is 8.82. The minimum absolute atomic E-state index is 0.0334. The molecular formula is C19H20N8O. The van der Waals surface area contributed by atoms with Crippen LogP contribution < -0.4 is 16.6 Å². The number of aliphatic hydroxyl groups excluding tert-OH is 1. The summed E-state index contributed by atoms with van der Waals surface area (Å²) in [4.78, 5) is 13.5. The zero-order valence-corrected chi connectivity index (χ0v) is 15.1. The van der Waals surface area contributed by atoms with Crippen molar-refractivity contribution in [1.82, 2.24) is 24.7 Å². The van der Waals surface area contributed by atoms with Gasteiger partial charge in [0.2, 0.25) is 0 Å². The molecule has 4 aromatic heterocycles. The highest BCUT2D eigenvalue weighted by molar-refractivity contribution is 5.74. The van der Waals surface area contributed by atoms with Crippen LogP contribution in [-0.2, 0) is 13.1 Å². The molecule has 4 rings (SSSR count). The first-order chi connectivity index (χ1) is 13.8. The topological polar surface area (TPSA) is 127 Å². The molecule has 5 N–H and O–H groups in total. The number of hydrazine groups is 1. The average molecular weight is 376 g/mol. The van der Waals surface area contributed by atoms with Crippen molar-refractivity contribution in [3.05, 3.63) is 60.7 Å². The van der Waals surface area contributed by atoms with Crippen molar-refractivity contribution in [2.24, 2.45) is 5.84 Å². The van der Waals surface area contributed by atoms with Crippen LogP contribution in [-0.4, -0.2) is 36.4 Å². The van der Waals surface area contributed by atoms with E-state index in [1.807, 2.05) is 42.6 Å². The van der Waals surface area contributed by atoms with Crippen LogP contribution in [0, 0.1) is 0 Å². The lowest BCUT2D eigenvalue weighted by Crippen LogP contribution is -2.12. The summed E-state index contributed by atoms with van der Waals surface area (Å²) in [5.41, 5.74) is 7.51. The van der Waals surface area contributed by atoms with E-state index in [1.54, 1.807) is 17.1 Å². The molecule has 0 radical (unpaired) electrons. The van der Waals surface area contributed by atoms with Gasteiger partial charge in [0.05, 0.1) is 54.0 Å². The Kier molecular flexibility index (Phi) is 5.09. The van der Waals surface area contributed by atoms with E-state index >= 15 is 0 Å². The monoisotopic (exact) mass is 376 g/mol. The van der Waals surface area contributed by atoms with Crippen LogP contribution in [0.3, 0.4) is 0 Å². The number of aromatic nitrogens is 5. The Morgan fingerprint density at radius 3 is 2.86 bits per heavy atom. The Balaban J connectivity index is 1.56. The third-order valence-corrected chi connectivity index (χ3v) is 4.26. The molecule has 9 heteroatoms. The number of pyridine rings is 3. The van der Waals surface area contributed by atoms with Gasteiger partial charge in [-0.05, 0) is 36.4 Å². The molecule has 0 bridgehead atoms. The van der Waals surface area contributed by atoms with E-state index in [0.29, 0.717) is 24.6 Å². The molecule has 0 aliphatic rings. The fourth-order valence-electron chi connectivity index (χ4n) is 2.86. The van der Waals surface area contributed by atoms with Crippen molar-refractivity contribution in [3.8, 4) is 11.3 Å². The second-order valence-corrected chi connectivity index (χ2v) is 6.15. The third-order valence-electron chi connectivity index (χ3n) is 4.26. The van der Waals surface area contributed by atoms with Crippen molar-refractivity contribution in [2.75, 3.05) is 17.3 Å². The highest BCUT2D eigenvalue weighted by Crippen LogP contribution is 2.25. The highest BCUT2D eigenvalue weighted by Gasteiger charge is 2.09. The molecule has 0 unspecified atom stereocenters. The molecule has 0 aromatic carbocycles. The van der Waals surface area contributed by atoms with E-state index in [-0.39, 0.29) is 6.61 Å². The first kappa shape index (κ1) is 17.8. The van der Waals surface area contributed by atoms with Crippen molar-refractivity contribution >= 4 is 22.5 Å². The van der Waals surface area contributed by atoms with Crippen LogP contribution in [0.15, 0.2) is 55.0 Å². The summed E-state index contributed by atoms with van der Waals surface area (Å²) < 4.78 is 1.67. The molecule has 0 aliphatic heterocycles. The predicted molar refractivity (Wildman–Crippen MR) is 107 cm³/mol. The Bertz CT molecular complexity index is 1090. The lowest BCUT2D eigenvalue weighted by Gasteiger charge is -2.12. The van der Waals surface area contributed by atoms with E-state index in [4.69, 9.17) is 10.9 Å². The first-order valence-corrected chi connectivity index (χ1v) is 8.82. The molecule has 4 aromatic rings. The van der Waals surface area contributed by atoms with E-state index < -0.39 is 0 Å². The van der Waals surface area contributed by atoms with Crippen molar-refractivity contribution in [3.63, 3.8) is 0 Å². The quantitative estimate of drug-likeness (QED) is 0.284. The fraction of sp³-hybridized carbons (Fsp3) is 0.158. The van der Waals surface area contributed by atoms with Gasteiger partial charge in [0.1, 0.15) is 0 Å². The van der Waals surface area contributed by atoms with Gasteiger partial charge in [-0.25, -0.2) is 9.97 Å². The maximum Gasteiger partial charge on any atom is 0.151 e. The Hall–Kier alpha value is -3.56. The molecular weight excluding hydrogens is 356 g/mol. The van der Waals surface area contributed by atoms with Gasteiger partial charge in [0, 0.05) is 18.0 Å². The number of aliphatic hydroxyl groups is 1. The molecule has 0 amide bonds. The number of nitrogens with two attached hydrogens (primary N) is 1. The minimum atomic E-state index is 0.0334. The molecule has 0 fully saturated rings. The maximum absolute atomic E-state index is 9.04. The molecule has 9 nitrogen and oxygen atoms in total. The summed E-state index contributed by atoms with van der Waals surface area (Å²) in [6.07, 6.45) is 5.31. The summed E-state index contributed by atoms with van der Waals surface area (Å²) in [5.74, 6) is 6.24. The standard InChI is InChI=1S/C19H20N8O/c20-26-18-6-5-15(13-10-23-27(12-13)8-9-28)25-19(18)22-11-14-3-4-16-17(24-14)2-1-7-21-16/h1-7,10,12,26,28H,8-9,11,20H2,(H,22,25). The van der Waals surface area contributed by atoms with Crippen molar-refractivity contribution < 1.29 is 5.11 Å². The molecule has 0 atom stereocenters. The number of nitrogens with zero attached hydrogens (tertiary/aromatic N) is 5. The second-order valence-electron chi connectivity index (χ2n) is 6.15. The van der Waals surface area contributed by atoms with Crippen molar-refractivity contribution in [1.29, 1.82) is 0 Å². The summed E-state index contributed by atoms with van der Waals surface area (Å²) >= 11 is 0. The lowest BCUT2D eigenvalue weighted by atomic mass is 10.2. The molecule has 0 spiro atoms. The Labute approximate surface area is 161 Å². The molecule has 0 saturated carbocycles. The summed E-state index contributed by atoms with van der Waals surface area (Å²) in [5, 5.41) is 16.5. The van der Waals surface area contributed by atoms with Gasteiger partial charge >= 0.3 is 0 Å². The number of nitrogen functional groups attached to an aromatic ring is 1. The Morgan fingerprint density at radius 2 is 2.00 bits per heavy atom. The number of fused-ring (bicyclic) bond motifs is 1. The molecule has 28 heavy (non-hydrogen) atoms. The molecule has 142 valence electrons. The van der Waals surface area contributed by atoms with Gasteiger partial charge in [-0.15, -0.1) is 0 Å². The van der Waals surface area contributed by atoms with Gasteiger partial charge in [0.25, 0.3) is 0 Å². The SMILES string of the molecule is NNc1ccc(-c2cnn(CCO)c2)nc1NCc1ccc2ncccc2n1. The predicted octanol–water partition coefficient (Wildman–Crippen LogP) is 1.78. The van der Waals surface area contributed by atoms with E-state index in [2.05, 4.69) is 30.8 Å². The maximum atomic E-state index is 9.04. The van der Waals surface area contributed by atoms with Gasteiger partial charge < -0.3 is 15.8 Å². The van der Waals surface area contributed by atoms with E-state index in [0.717, 1.165) is 28.0 Å². The van der Waals surface area contributed by atoms with Gasteiger partial charge in [-0.3, -0.25) is 15.5 Å². The van der Waals surface area contributed by atoms with Crippen LogP contribution in [0.25, 0.3) is 22.3 Å². The molecule has 0 saturated heterocycles. The van der Waals surface area contributed by atoms with Gasteiger partial charge in [0.15, 0.2) is 5.82 Å². The smallest absolute Gasteiger partial charge is 0.151 e. The van der Waals surface area contributed by atoms with E-state index in [1.165, 1.54) is 0 Å². The number of hydrogen-bond donors (Lipinski definition) is 4. The summed E-state index contributed by atoms with van der Waals surface area (Å²) in [6.45, 7) is 0.960. The number of hydrogen-bond acceptors (Lipinski definition) is 8. The minimum Gasteiger partial charge on any atom is -0.394 e. The highest BCUT2D eigenvalue weighted by atomic mass is 16.3. The third kappa shape index (κ3) is 3.75. The number of nitrogens with one attached hydrogen (secondary N) is 2. The largest absolute Gasteiger partial charge is 0.394 e. The van der Waals surface area contributed by atoms with Gasteiger partial charge in [-0.1, -0.05) is 0 Å². The van der Waals surface area contributed by atoms with Crippen LogP contribution in [0.4, 0.5) is 11.5 Å². The van der Waals surface area contributed by atoms with Crippen molar-refractivity contribution in [2.45, 2.75) is 13.1 Å². The summed E-state index contributed by atoms with van der Waals surface area (Å²) in [7, 11) is 0. The lowest BCUT2D eigenvalue weighted by molar-refractivity contribution is 0.269. The van der Waals surface area contributed by atoms with Crippen LogP contribution in [0.5, 0.6) is 0 Å². The zero-order valence-electron chi connectivity index (χ0n) is 15.1. The second kappa shape index (κ2) is 7.99. The van der Waals surface area contributed by atoms with Gasteiger partial charge in [-0.2, -0.15) is 5.10 Å². The molecule has 4 heterocycles. The number of anilines is 2. The summed E-state index contributed by atoms with van der Waals surface area (Å²) in [6, 6.07) is 11.4. The normalized spacial score (nSPS) is 10.9. The fourth-order valence-corrected chi connectivity index (χ4v) is 2.86. The van der Waals surface area contributed by atoms with Crippen LogP contribution in [0.1, 0.15) is 5.69 Å². The zero-order chi connectivity index (χ0) is 19.3. The average Bonchev–Trinajstić information content (AvgIpc) is 3.21. The number of rotatable bonds is 7. The van der Waals surface area contributed by atoms with E-state index in [9.17, 15) is 0 Å². The van der Waals surface area contributed by atoms with Crippen LogP contribution >= 0.6 is 0 Å². The Morgan fingerprint density at radius 1 is 1.07 bits per heavy atom.